The zero-order valence-corrected chi connectivity index (χ0v) is 18.1. The molecule has 0 atom stereocenters. The van der Waals surface area contributed by atoms with E-state index in [1.165, 1.54) is 19.3 Å². The van der Waals surface area contributed by atoms with Gasteiger partial charge in [-0.05, 0) is 44.0 Å². The number of aryl methyl sites for hydroxylation is 2. The number of hydrogen-bond donors (Lipinski definition) is 1. The summed E-state index contributed by atoms with van der Waals surface area (Å²) in [6, 6.07) is 11.7. The molecule has 0 radical (unpaired) electrons. The van der Waals surface area contributed by atoms with Gasteiger partial charge in [0.2, 0.25) is 0 Å². The topological polar surface area (TPSA) is 72.7 Å². The van der Waals surface area contributed by atoms with E-state index in [1.807, 2.05) is 43.3 Å². The van der Waals surface area contributed by atoms with E-state index < -0.39 is 0 Å². The molecule has 150 valence electrons. The van der Waals surface area contributed by atoms with Crippen molar-refractivity contribution in [1.29, 1.82) is 0 Å². The third kappa shape index (κ3) is 4.56. The molecule has 0 spiro atoms. The summed E-state index contributed by atoms with van der Waals surface area (Å²) in [5.74, 6) is 1.93. The van der Waals surface area contributed by atoms with Gasteiger partial charge in [-0.25, -0.2) is 0 Å². The van der Waals surface area contributed by atoms with Gasteiger partial charge in [0.25, 0.3) is 5.91 Å². The fourth-order valence-corrected chi connectivity index (χ4v) is 4.12. The zero-order valence-electron chi connectivity index (χ0n) is 16.5. The molecule has 0 saturated carbocycles. The highest BCUT2D eigenvalue weighted by atomic mass is 79.9. The first-order chi connectivity index (χ1) is 14.1. The van der Waals surface area contributed by atoms with E-state index in [4.69, 9.17) is 0 Å². The molecule has 1 amide bonds. The molecule has 0 unspecified atom stereocenters. The Morgan fingerprint density at radius 1 is 1.17 bits per heavy atom. The van der Waals surface area contributed by atoms with Gasteiger partial charge in [-0.2, -0.15) is 0 Å². The number of hydrogen-bond acceptors (Lipinski definition) is 4. The Labute approximate surface area is 178 Å². The maximum atomic E-state index is 12.6. The van der Waals surface area contributed by atoms with Crippen LogP contribution in [0.5, 0.6) is 0 Å². The first-order valence-electron chi connectivity index (χ1n) is 10.0. The maximum Gasteiger partial charge on any atom is 0.253 e. The highest BCUT2D eigenvalue weighted by Gasteiger charge is 2.15. The average molecular weight is 454 g/mol. The maximum absolute atomic E-state index is 12.6. The highest BCUT2D eigenvalue weighted by Crippen LogP contribution is 2.22. The predicted molar refractivity (Wildman–Crippen MR) is 116 cm³/mol. The van der Waals surface area contributed by atoms with Gasteiger partial charge in [-0.3, -0.25) is 9.78 Å². The van der Waals surface area contributed by atoms with E-state index in [0.29, 0.717) is 18.5 Å². The molecule has 7 heteroatoms. The first-order valence-corrected chi connectivity index (χ1v) is 10.8. The molecule has 0 saturated heterocycles. The van der Waals surface area contributed by atoms with Crippen molar-refractivity contribution < 1.29 is 4.79 Å². The molecule has 4 rings (SSSR count). The summed E-state index contributed by atoms with van der Waals surface area (Å²) in [6.07, 6.45) is 5.26. The van der Waals surface area contributed by atoms with Crippen LogP contribution in [0.15, 0.2) is 40.9 Å². The van der Waals surface area contributed by atoms with Crippen LogP contribution >= 0.6 is 15.9 Å². The number of nitrogens with zero attached hydrogens (tertiary/aromatic N) is 4. The van der Waals surface area contributed by atoms with E-state index in [1.54, 1.807) is 0 Å². The van der Waals surface area contributed by atoms with E-state index in [0.717, 1.165) is 46.0 Å². The quantitative estimate of drug-likeness (QED) is 0.630. The van der Waals surface area contributed by atoms with Gasteiger partial charge in [0.1, 0.15) is 11.6 Å². The Bertz CT molecular complexity index is 1030. The third-order valence-corrected chi connectivity index (χ3v) is 5.76. The summed E-state index contributed by atoms with van der Waals surface area (Å²) in [5, 5.41) is 11.6. The number of carbonyl (C=O) groups excluding carboxylic acids is 1. The summed E-state index contributed by atoms with van der Waals surface area (Å²) in [7, 11) is 0. The lowest BCUT2D eigenvalue weighted by Gasteiger charge is -2.10. The highest BCUT2D eigenvalue weighted by molar-refractivity contribution is 9.10. The van der Waals surface area contributed by atoms with Crippen molar-refractivity contribution in [3.05, 3.63) is 63.8 Å². The molecule has 1 aliphatic heterocycles. The number of aromatic nitrogens is 4. The van der Waals surface area contributed by atoms with Crippen LogP contribution < -0.4 is 5.32 Å². The fraction of sp³-hybridized carbons (Fsp3) is 0.364. The lowest BCUT2D eigenvalue weighted by atomic mass is 10.1. The summed E-state index contributed by atoms with van der Waals surface area (Å²) in [4.78, 5) is 17.3. The standard InChI is InChI=1S/C22H24BrN5O/c1-15-18(9-10-19(25-15)16-6-5-7-17(23)14-16)22(29)24-12-11-21-27-26-20-8-3-2-4-13-28(20)21/h5-7,9-10,14H,2-4,8,11-13H2,1H3,(H,24,29). The van der Waals surface area contributed by atoms with Crippen molar-refractivity contribution in [2.45, 2.75) is 45.6 Å². The Hall–Kier alpha value is -2.54. The first kappa shape index (κ1) is 19.8. The van der Waals surface area contributed by atoms with Crippen LogP contribution in [-0.2, 0) is 19.4 Å². The summed E-state index contributed by atoms with van der Waals surface area (Å²) >= 11 is 3.48. The van der Waals surface area contributed by atoms with Crippen LogP contribution in [0.1, 0.15) is 47.0 Å². The van der Waals surface area contributed by atoms with Crippen molar-refractivity contribution in [3.63, 3.8) is 0 Å². The summed E-state index contributed by atoms with van der Waals surface area (Å²) in [6.45, 7) is 3.38. The molecule has 0 aliphatic carbocycles. The Kier molecular flexibility index (Phi) is 6.04. The van der Waals surface area contributed by atoms with Gasteiger partial charge in [0.05, 0.1) is 17.0 Å². The van der Waals surface area contributed by atoms with Crippen LogP contribution in [0.4, 0.5) is 0 Å². The minimum Gasteiger partial charge on any atom is -0.352 e. The molecule has 3 aromatic rings. The van der Waals surface area contributed by atoms with Crippen LogP contribution in [0.25, 0.3) is 11.3 Å². The van der Waals surface area contributed by atoms with Gasteiger partial charge in [-0.1, -0.05) is 34.5 Å². The van der Waals surface area contributed by atoms with E-state index in [2.05, 4.69) is 41.0 Å². The van der Waals surface area contributed by atoms with E-state index >= 15 is 0 Å². The molecular formula is C22H24BrN5O. The van der Waals surface area contributed by atoms with Gasteiger partial charge in [0, 0.05) is 36.0 Å². The largest absolute Gasteiger partial charge is 0.352 e. The second kappa shape index (κ2) is 8.86. The number of halogens is 1. The Balaban J connectivity index is 1.39. The number of nitrogens with one attached hydrogen (secondary N) is 1. The van der Waals surface area contributed by atoms with Crippen LogP contribution in [0.3, 0.4) is 0 Å². The average Bonchev–Trinajstić information content (AvgIpc) is 2.94. The lowest BCUT2D eigenvalue weighted by Crippen LogP contribution is -2.27. The Morgan fingerprint density at radius 3 is 2.90 bits per heavy atom. The van der Waals surface area contributed by atoms with Gasteiger partial charge >= 0.3 is 0 Å². The number of pyridine rings is 1. The third-order valence-electron chi connectivity index (χ3n) is 5.27. The second-order valence-electron chi connectivity index (χ2n) is 7.34. The van der Waals surface area contributed by atoms with Crippen molar-refractivity contribution in [1.82, 2.24) is 25.1 Å². The molecule has 3 heterocycles. The number of fused-ring (bicyclic) bond motifs is 1. The molecule has 6 nitrogen and oxygen atoms in total. The molecule has 1 aromatic carbocycles. The molecular weight excluding hydrogens is 430 g/mol. The summed E-state index contributed by atoms with van der Waals surface area (Å²) in [5.41, 5.74) is 3.19. The predicted octanol–water partition coefficient (Wildman–Crippen LogP) is 4.11. The molecule has 29 heavy (non-hydrogen) atoms. The zero-order chi connectivity index (χ0) is 20.2. The van der Waals surface area contributed by atoms with Crippen molar-refractivity contribution >= 4 is 21.8 Å². The number of rotatable bonds is 5. The number of carbonyl (C=O) groups is 1. The smallest absolute Gasteiger partial charge is 0.253 e. The minimum atomic E-state index is -0.105. The van der Waals surface area contributed by atoms with Gasteiger partial charge < -0.3 is 9.88 Å². The van der Waals surface area contributed by atoms with Crippen LogP contribution in [0.2, 0.25) is 0 Å². The molecule has 1 aliphatic rings. The van der Waals surface area contributed by atoms with Gasteiger partial charge in [0.15, 0.2) is 0 Å². The van der Waals surface area contributed by atoms with E-state index in [9.17, 15) is 4.79 Å². The van der Waals surface area contributed by atoms with Crippen molar-refractivity contribution in [2.24, 2.45) is 0 Å². The number of amides is 1. The normalized spacial score (nSPS) is 13.6. The van der Waals surface area contributed by atoms with Crippen LogP contribution in [-0.4, -0.2) is 32.2 Å². The SMILES string of the molecule is Cc1nc(-c2cccc(Br)c2)ccc1C(=O)NCCc1nnc2n1CCCCC2. The number of benzene rings is 1. The molecule has 0 fully saturated rings. The lowest BCUT2D eigenvalue weighted by molar-refractivity contribution is 0.0953. The Morgan fingerprint density at radius 2 is 2.07 bits per heavy atom. The van der Waals surface area contributed by atoms with E-state index in [-0.39, 0.29) is 5.91 Å². The van der Waals surface area contributed by atoms with Crippen molar-refractivity contribution in [3.8, 4) is 11.3 Å². The monoisotopic (exact) mass is 453 g/mol. The van der Waals surface area contributed by atoms with Gasteiger partial charge in [-0.15, -0.1) is 10.2 Å². The van der Waals surface area contributed by atoms with Crippen molar-refractivity contribution in [2.75, 3.05) is 6.54 Å². The molecule has 2 aromatic heterocycles. The van der Waals surface area contributed by atoms with Crippen LogP contribution in [0, 0.1) is 6.92 Å². The fourth-order valence-electron chi connectivity index (χ4n) is 3.72. The molecule has 0 bridgehead atoms. The second-order valence-corrected chi connectivity index (χ2v) is 8.26. The molecule has 1 N–H and O–H groups in total. The summed E-state index contributed by atoms with van der Waals surface area (Å²) < 4.78 is 3.22. The minimum absolute atomic E-state index is 0.105.